The van der Waals surface area contributed by atoms with Crippen LogP contribution < -0.4 is 5.73 Å². The van der Waals surface area contributed by atoms with Crippen molar-refractivity contribution in [3.63, 3.8) is 0 Å². The van der Waals surface area contributed by atoms with E-state index in [4.69, 9.17) is 5.73 Å². The predicted octanol–water partition coefficient (Wildman–Crippen LogP) is 0.161. The molecule has 0 aromatic carbocycles. The van der Waals surface area contributed by atoms with Gasteiger partial charge in [0.1, 0.15) is 12.1 Å². The third-order valence-corrected chi connectivity index (χ3v) is 4.23. The van der Waals surface area contributed by atoms with E-state index in [1.165, 1.54) is 0 Å². The van der Waals surface area contributed by atoms with Crippen molar-refractivity contribution in [2.24, 2.45) is 0 Å². The molecule has 0 saturated carbocycles. The summed E-state index contributed by atoms with van der Waals surface area (Å²) in [6, 6.07) is 0. The zero-order valence-electron chi connectivity index (χ0n) is 13.3. The monoisotopic (exact) mass is 293 g/mol. The molecule has 2 amide bonds. The van der Waals surface area contributed by atoms with Gasteiger partial charge in [0.2, 0.25) is 11.8 Å². The van der Waals surface area contributed by atoms with Gasteiger partial charge in [-0.05, 0) is 27.7 Å². The molecule has 116 valence electrons. The van der Waals surface area contributed by atoms with Crippen LogP contribution in [0.1, 0.15) is 25.2 Å². The normalized spacial score (nSPS) is 18.2. The maximum Gasteiger partial charge on any atom is 0.247 e. The topological polar surface area (TPSA) is 84.5 Å². The highest BCUT2D eigenvalue weighted by Gasteiger charge is 2.42. The number of nitrogen functional groups attached to an aromatic ring is 1. The van der Waals surface area contributed by atoms with Crippen molar-refractivity contribution in [1.82, 2.24) is 19.6 Å². The van der Waals surface area contributed by atoms with E-state index in [0.717, 1.165) is 5.69 Å². The molecule has 0 atom stereocenters. The van der Waals surface area contributed by atoms with E-state index in [2.05, 4.69) is 5.10 Å². The smallest absolute Gasteiger partial charge is 0.247 e. The Kier molecular flexibility index (Phi) is 3.69. The van der Waals surface area contributed by atoms with Crippen molar-refractivity contribution < 1.29 is 9.59 Å². The molecule has 1 aromatic rings. The van der Waals surface area contributed by atoms with Crippen LogP contribution in [-0.4, -0.2) is 57.1 Å². The Labute approximate surface area is 124 Å². The number of piperazine rings is 1. The molecule has 2 heterocycles. The number of carbonyl (C=O) groups excluding carboxylic acids is 2. The summed E-state index contributed by atoms with van der Waals surface area (Å²) in [5.74, 6) is -0.165. The molecule has 1 fully saturated rings. The standard InChI is InChI=1S/C14H23N5O2/c1-9-12(15)10(2)19(16-9)8-11(20)18-7-6-17(5)13(21)14(18,3)4/h6-8,15H2,1-5H3. The van der Waals surface area contributed by atoms with Crippen LogP contribution in [0.2, 0.25) is 0 Å². The molecule has 0 bridgehead atoms. The van der Waals surface area contributed by atoms with Gasteiger partial charge in [0.25, 0.3) is 0 Å². The highest BCUT2D eigenvalue weighted by molar-refractivity contribution is 5.91. The summed E-state index contributed by atoms with van der Waals surface area (Å²) in [4.78, 5) is 28.1. The minimum Gasteiger partial charge on any atom is -0.396 e. The van der Waals surface area contributed by atoms with E-state index in [9.17, 15) is 9.59 Å². The van der Waals surface area contributed by atoms with Crippen LogP contribution in [0.5, 0.6) is 0 Å². The molecule has 7 nitrogen and oxygen atoms in total. The van der Waals surface area contributed by atoms with Gasteiger partial charge in [0.15, 0.2) is 0 Å². The molecular weight excluding hydrogens is 270 g/mol. The Balaban J connectivity index is 2.20. The predicted molar refractivity (Wildman–Crippen MR) is 79.5 cm³/mol. The molecule has 0 radical (unpaired) electrons. The number of nitrogens with two attached hydrogens (primary N) is 1. The zero-order chi connectivity index (χ0) is 15.9. The Hall–Kier alpha value is -2.05. The molecule has 1 aromatic heterocycles. The first-order valence-corrected chi connectivity index (χ1v) is 7.01. The molecule has 1 aliphatic rings. The summed E-state index contributed by atoms with van der Waals surface area (Å²) in [5.41, 5.74) is 7.16. The lowest BCUT2D eigenvalue weighted by Crippen LogP contribution is -2.64. The minimum absolute atomic E-state index is 0.0463. The van der Waals surface area contributed by atoms with Crippen molar-refractivity contribution in [2.75, 3.05) is 25.9 Å². The summed E-state index contributed by atoms with van der Waals surface area (Å²) in [5, 5.41) is 4.28. The maximum absolute atomic E-state index is 12.6. The van der Waals surface area contributed by atoms with Gasteiger partial charge in [0.05, 0.1) is 17.1 Å². The minimum atomic E-state index is -0.828. The Morgan fingerprint density at radius 1 is 1.33 bits per heavy atom. The van der Waals surface area contributed by atoms with E-state index >= 15 is 0 Å². The van der Waals surface area contributed by atoms with Gasteiger partial charge in [-0.15, -0.1) is 0 Å². The highest BCUT2D eigenvalue weighted by atomic mass is 16.2. The van der Waals surface area contributed by atoms with Gasteiger partial charge >= 0.3 is 0 Å². The molecule has 7 heteroatoms. The van der Waals surface area contributed by atoms with Gasteiger partial charge < -0.3 is 15.5 Å². The number of hydrogen-bond donors (Lipinski definition) is 1. The van der Waals surface area contributed by atoms with E-state index < -0.39 is 5.54 Å². The molecule has 0 unspecified atom stereocenters. The van der Waals surface area contributed by atoms with Gasteiger partial charge in [-0.2, -0.15) is 5.10 Å². The highest BCUT2D eigenvalue weighted by Crippen LogP contribution is 2.23. The molecule has 2 N–H and O–H groups in total. The summed E-state index contributed by atoms with van der Waals surface area (Å²) in [6.45, 7) is 8.38. The van der Waals surface area contributed by atoms with E-state index in [1.54, 1.807) is 35.4 Å². The fourth-order valence-corrected chi connectivity index (χ4v) is 2.73. The van der Waals surface area contributed by atoms with E-state index in [0.29, 0.717) is 24.5 Å². The molecule has 1 saturated heterocycles. The molecule has 1 aliphatic heterocycles. The second kappa shape index (κ2) is 5.05. The van der Waals surface area contributed by atoms with E-state index in [-0.39, 0.29) is 18.4 Å². The van der Waals surface area contributed by atoms with Crippen molar-refractivity contribution in [1.29, 1.82) is 0 Å². The number of rotatable bonds is 2. The Bertz CT molecular complexity index is 590. The average Bonchev–Trinajstić information content (AvgIpc) is 2.63. The Morgan fingerprint density at radius 2 is 1.95 bits per heavy atom. The molecular formula is C14H23N5O2. The summed E-state index contributed by atoms with van der Waals surface area (Å²) >= 11 is 0. The first-order valence-electron chi connectivity index (χ1n) is 7.01. The summed E-state index contributed by atoms with van der Waals surface area (Å²) < 4.78 is 1.60. The van der Waals surface area contributed by atoms with Crippen LogP contribution in [0.15, 0.2) is 0 Å². The largest absolute Gasteiger partial charge is 0.396 e. The van der Waals surface area contributed by atoms with Crippen LogP contribution in [0, 0.1) is 13.8 Å². The van der Waals surface area contributed by atoms with Crippen LogP contribution in [-0.2, 0) is 16.1 Å². The number of anilines is 1. The number of amides is 2. The fraction of sp³-hybridized carbons (Fsp3) is 0.643. The van der Waals surface area contributed by atoms with Gasteiger partial charge in [-0.1, -0.05) is 0 Å². The first-order chi connectivity index (χ1) is 9.66. The second-order valence-corrected chi connectivity index (χ2v) is 6.07. The third kappa shape index (κ3) is 2.48. The lowest BCUT2D eigenvalue weighted by molar-refractivity contribution is -0.157. The first kappa shape index (κ1) is 15.3. The Morgan fingerprint density at radius 3 is 2.48 bits per heavy atom. The number of carbonyl (C=O) groups is 2. The second-order valence-electron chi connectivity index (χ2n) is 6.07. The maximum atomic E-state index is 12.6. The van der Waals surface area contributed by atoms with Crippen LogP contribution in [0.25, 0.3) is 0 Å². The van der Waals surface area contributed by atoms with Gasteiger partial charge in [-0.25, -0.2) is 0 Å². The lowest BCUT2D eigenvalue weighted by Gasteiger charge is -2.44. The summed E-state index contributed by atoms with van der Waals surface area (Å²) in [6.07, 6.45) is 0. The van der Waals surface area contributed by atoms with Crippen LogP contribution in [0.4, 0.5) is 5.69 Å². The van der Waals surface area contributed by atoms with Gasteiger partial charge in [0, 0.05) is 20.1 Å². The fourth-order valence-electron chi connectivity index (χ4n) is 2.73. The number of nitrogens with zero attached hydrogens (tertiary/aromatic N) is 4. The SMILES string of the molecule is Cc1nn(CC(=O)N2CCN(C)C(=O)C2(C)C)c(C)c1N. The quantitative estimate of drug-likeness (QED) is 0.842. The van der Waals surface area contributed by atoms with E-state index in [1.807, 2.05) is 13.8 Å². The van der Waals surface area contributed by atoms with Crippen molar-refractivity contribution in [3.05, 3.63) is 11.4 Å². The lowest BCUT2D eigenvalue weighted by atomic mass is 9.97. The van der Waals surface area contributed by atoms with Crippen LogP contribution >= 0.6 is 0 Å². The van der Waals surface area contributed by atoms with Crippen molar-refractivity contribution >= 4 is 17.5 Å². The number of likely N-dealkylation sites (N-methyl/N-ethyl adjacent to an activating group) is 1. The number of hydrogen-bond acceptors (Lipinski definition) is 4. The average molecular weight is 293 g/mol. The van der Waals surface area contributed by atoms with Gasteiger partial charge in [-0.3, -0.25) is 14.3 Å². The summed E-state index contributed by atoms with van der Waals surface area (Å²) in [7, 11) is 1.76. The third-order valence-electron chi connectivity index (χ3n) is 4.23. The van der Waals surface area contributed by atoms with Crippen LogP contribution in [0.3, 0.4) is 0 Å². The number of aromatic nitrogens is 2. The molecule has 2 rings (SSSR count). The molecule has 0 aliphatic carbocycles. The molecule has 0 spiro atoms. The van der Waals surface area contributed by atoms with Crippen molar-refractivity contribution in [3.8, 4) is 0 Å². The zero-order valence-corrected chi connectivity index (χ0v) is 13.3. The van der Waals surface area contributed by atoms with Crippen molar-refractivity contribution in [2.45, 2.75) is 39.8 Å². The number of aryl methyl sites for hydroxylation is 1. The molecule has 21 heavy (non-hydrogen) atoms.